The van der Waals surface area contributed by atoms with Crippen molar-refractivity contribution in [3.05, 3.63) is 76.0 Å². The number of hydrogen-bond donors (Lipinski definition) is 0. The molecule has 1 aromatic carbocycles. The zero-order valence-electron chi connectivity index (χ0n) is 17.5. The van der Waals surface area contributed by atoms with E-state index < -0.39 is 0 Å². The maximum atomic E-state index is 12.9. The summed E-state index contributed by atoms with van der Waals surface area (Å²) in [5.74, 6) is 1.22. The number of ether oxygens (including phenoxy) is 1. The van der Waals surface area contributed by atoms with Crippen LogP contribution in [0.4, 0.5) is 0 Å². The van der Waals surface area contributed by atoms with Crippen LogP contribution in [0.2, 0.25) is 0 Å². The summed E-state index contributed by atoms with van der Waals surface area (Å²) in [6, 6.07) is 11.9. The van der Waals surface area contributed by atoms with E-state index in [1.54, 1.807) is 24.7 Å². The van der Waals surface area contributed by atoms with Gasteiger partial charge in [-0.2, -0.15) is 0 Å². The van der Waals surface area contributed by atoms with Gasteiger partial charge in [0.1, 0.15) is 11.5 Å². The fourth-order valence-electron chi connectivity index (χ4n) is 3.96. The summed E-state index contributed by atoms with van der Waals surface area (Å²) in [6.45, 7) is 3.94. The molecule has 0 N–H and O–H groups in total. The van der Waals surface area contributed by atoms with Gasteiger partial charge in [0.05, 0.1) is 0 Å². The lowest BCUT2D eigenvalue weighted by Gasteiger charge is -2.10. The Bertz CT molecular complexity index is 1070. The van der Waals surface area contributed by atoms with Crippen molar-refractivity contribution >= 4 is 5.78 Å². The number of rotatable bonds is 7. The summed E-state index contributed by atoms with van der Waals surface area (Å²) in [5, 5.41) is 0. The fraction of sp³-hybridized carbons (Fsp3) is 0.375. The van der Waals surface area contributed by atoms with Crippen LogP contribution in [0, 0.1) is 12.8 Å². The predicted molar refractivity (Wildman–Crippen MR) is 116 cm³/mol. The highest BCUT2D eigenvalue weighted by atomic mass is 16.5. The van der Waals surface area contributed by atoms with E-state index in [2.05, 4.69) is 12.1 Å². The Morgan fingerprint density at radius 1 is 1.23 bits per heavy atom. The molecule has 1 saturated heterocycles. The Morgan fingerprint density at radius 2 is 2.03 bits per heavy atom. The van der Waals surface area contributed by atoms with Crippen molar-refractivity contribution in [2.24, 2.45) is 13.0 Å². The summed E-state index contributed by atoms with van der Waals surface area (Å²) >= 11 is 0. The van der Waals surface area contributed by atoms with Gasteiger partial charge in [-0.3, -0.25) is 9.59 Å². The lowest BCUT2D eigenvalue weighted by atomic mass is 10.0. The second-order valence-corrected chi connectivity index (χ2v) is 8.08. The number of nitrogens with zero attached hydrogens (tertiary/aromatic N) is 3. The average Bonchev–Trinajstić information content (AvgIpc) is 3.41. The molecule has 0 spiro atoms. The highest BCUT2D eigenvalue weighted by molar-refractivity contribution is 5.94. The smallest absolute Gasteiger partial charge is 0.253 e. The van der Waals surface area contributed by atoms with E-state index >= 15 is 0 Å². The summed E-state index contributed by atoms with van der Waals surface area (Å²) in [7, 11) is 1.74. The number of aryl methyl sites for hydroxylation is 2. The molecule has 0 aliphatic carbocycles. The molecule has 0 amide bonds. The summed E-state index contributed by atoms with van der Waals surface area (Å²) in [5.41, 5.74) is 3.05. The predicted octanol–water partition coefficient (Wildman–Crippen LogP) is 3.60. The van der Waals surface area contributed by atoms with Gasteiger partial charge in [0.2, 0.25) is 0 Å². The highest BCUT2D eigenvalue weighted by Crippen LogP contribution is 2.23. The maximum Gasteiger partial charge on any atom is 0.253 e. The molecule has 4 rings (SSSR count). The van der Waals surface area contributed by atoms with E-state index in [1.807, 2.05) is 35.0 Å². The number of Topliss-reactive ketones (excluding diaryl/α,β-unsaturated/α-hetero) is 1. The molecule has 30 heavy (non-hydrogen) atoms. The largest absolute Gasteiger partial charge is 0.381 e. The molecule has 1 fully saturated rings. The molecule has 1 atom stereocenters. The lowest BCUT2D eigenvalue weighted by Crippen LogP contribution is -2.18. The third kappa shape index (κ3) is 4.44. The van der Waals surface area contributed by atoms with E-state index in [9.17, 15) is 9.59 Å². The molecule has 3 heterocycles. The van der Waals surface area contributed by atoms with Crippen LogP contribution in [0.5, 0.6) is 0 Å². The van der Waals surface area contributed by atoms with Crippen LogP contribution >= 0.6 is 0 Å². The monoisotopic (exact) mass is 405 g/mol. The minimum absolute atomic E-state index is 0.0324. The molecule has 1 aliphatic heterocycles. The molecule has 0 bridgehead atoms. The first-order valence-corrected chi connectivity index (χ1v) is 10.4. The van der Waals surface area contributed by atoms with Crippen LogP contribution in [0.15, 0.2) is 53.6 Å². The van der Waals surface area contributed by atoms with Crippen molar-refractivity contribution in [2.75, 3.05) is 13.2 Å². The van der Waals surface area contributed by atoms with E-state index in [0.717, 1.165) is 37.2 Å². The van der Waals surface area contributed by atoms with Crippen LogP contribution in [0.25, 0.3) is 11.4 Å². The lowest BCUT2D eigenvalue weighted by molar-refractivity contribution is 0.0967. The van der Waals surface area contributed by atoms with E-state index in [4.69, 9.17) is 9.72 Å². The Kier molecular flexibility index (Phi) is 5.95. The number of carbonyl (C=O) groups is 1. The number of carbonyl (C=O) groups excluding carboxylic acids is 1. The Labute approximate surface area is 176 Å². The number of pyridine rings is 1. The number of hydrogen-bond acceptors (Lipinski definition) is 4. The van der Waals surface area contributed by atoms with Crippen molar-refractivity contribution in [1.82, 2.24) is 14.1 Å². The molecule has 6 heteroatoms. The number of aromatic nitrogens is 3. The molecule has 0 radical (unpaired) electrons. The van der Waals surface area contributed by atoms with Gasteiger partial charge in [0.25, 0.3) is 5.56 Å². The van der Waals surface area contributed by atoms with Gasteiger partial charge in [0.15, 0.2) is 5.78 Å². The van der Waals surface area contributed by atoms with E-state index in [-0.39, 0.29) is 11.3 Å². The first-order valence-electron chi connectivity index (χ1n) is 10.4. The summed E-state index contributed by atoms with van der Waals surface area (Å²) < 4.78 is 8.98. The van der Waals surface area contributed by atoms with Crippen molar-refractivity contribution in [1.29, 1.82) is 0 Å². The first-order chi connectivity index (χ1) is 14.5. The van der Waals surface area contributed by atoms with Crippen LogP contribution < -0.4 is 5.56 Å². The molecule has 1 unspecified atom stereocenters. The average molecular weight is 405 g/mol. The van der Waals surface area contributed by atoms with Gasteiger partial charge in [0, 0.05) is 56.7 Å². The molecular weight excluding hydrogens is 378 g/mol. The van der Waals surface area contributed by atoms with Crippen LogP contribution in [-0.4, -0.2) is 33.1 Å². The molecule has 156 valence electrons. The Hall–Kier alpha value is -2.99. The van der Waals surface area contributed by atoms with Crippen LogP contribution in [0.1, 0.15) is 40.9 Å². The maximum absolute atomic E-state index is 12.9. The van der Waals surface area contributed by atoms with Crippen molar-refractivity contribution in [3.63, 3.8) is 0 Å². The van der Waals surface area contributed by atoms with Crippen LogP contribution in [0.3, 0.4) is 0 Å². The quantitative estimate of drug-likeness (QED) is 0.563. The molecule has 6 nitrogen and oxygen atoms in total. The minimum atomic E-state index is -0.0324. The van der Waals surface area contributed by atoms with Gasteiger partial charge in [-0.1, -0.05) is 30.3 Å². The van der Waals surface area contributed by atoms with E-state index in [1.165, 1.54) is 0 Å². The second kappa shape index (κ2) is 8.79. The van der Waals surface area contributed by atoms with Crippen molar-refractivity contribution < 1.29 is 9.53 Å². The number of benzene rings is 1. The molecular formula is C24H27N3O3. The van der Waals surface area contributed by atoms with Crippen LogP contribution in [-0.2, 0) is 18.3 Å². The zero-order chi connectivity index (χ0) is 21.1. The SMILES string of the molecule is Cc1cc(-c2nc(C(=O)CCC3CCOC3)cn2Cc2ccccc2)cn(C)c1=O. The first kappa shape index (κ1) is 20.3. The van der Waals surface area contributed by atoms with Crippen molar-refractivity contribution in [2.45, 2.75) is 32.7 Å². The fourth-order valence-corrected chi connectivity index (χ4v) is 3.96. The minimum Gasteiger partial charge on any atom is -0.381 e. The van der Waals surface area contributed by atoms with Gasteiger partial charge in [-0.25, -0.2) is 4.98 Å². The van der Waals surface area contributed by atoms with E-state index in [0.29, 0.717) is 36.0 Å². The molecule has 1 aliphatic rings. The third-order valence-electron chi connectivity index (χ3n) is 5.68. The normalized spacial score (nSPS) is 16.1. The topological polar surface area (TPSA) is 66.1 Å². The molecule has 3 aromatic rings. The standard InChI is InChI=1S/C24H27N3O3/c1-17-12-20(14-26(2)24(17)29)23-25-21(22(28)9-8-19-10-11-30-16-19)15-27(23)13-18-6-4-3-5-7-18/h3-7,12,14-15,19H,8-11,13,16H2,1-2H3. The Morgan fingerprint density at radius 3 is 2.73 bits per heavy atom. The van der Waals surface area contributed by atoms with Gasteiger partial charge >= 0.3 is 0 Å². The highest BCUT2D eigenvalue weighted by Gasteiger charge is 2.20. The second-order valence-electron chi connectivity index (χ2n) is 8.08. The number of ketones is 1. The number of imidazole rings is 1. The summed E-state index contributed by atoms with van der Waals surface area (Å²) in [6.07, 6.45) is 5.96. The summed E-state index contributed by atoms with van der Waals surface area (Å²) in [4.78, 5) is 29.7. The Balaban J connectivity index is 1.66. The van der Waals surface area contributed by atoms with Gasteiger partial charge in [-0.15, -0.1) is 0 Å². The third-order valence-corrected chi connectivity index (χ3v) is 5.68. The van der Waals surface area contributed by atoms with Gasteiger partial charge < -0.3 is 13.9 Å². The van der Waals surface area contributed by atoms with Crippen molar-refractivity contribution in [3.8, 4) is 11.4 Å². The molecule has 0 saturated carbocycles. The molecule has 2 aromatic heterocycles. The zero-order valence-corrected chi connectivity index (χ0v) is 17.5. The van der Waals surface area contributed by atoms with Gasteiger partial charge in [-0.05, 0) is 37.3 Å².